The van der Waals surface area contributed by atoms with E-state index >= 15 is 0 Å². The molecule has 0 spiro atoms. The summed E-state index contributed by atoms with van der Waals surface area (Å²) in [4.78, 5) is 12.1. The number of carbonyl (C=O) groups excluding carboxylic acids is 1. The average molecular weight is 339 g/mol. The van der Waals surface area contributed by atoms with Crippen LogP contribution >= 0.6 is 11.6 Å². The summed E-state index contributed by atoms with van der Waals surface area (Å²) in [5.41, 5.74) is -0.0495. The molecular weight excluding hydrogens is 312 g/mol. The number of ketones is 1. The molecule has 0 aromatic carbocycles. The maximum Gasteiger partial charge on any atom is 0.139 e. The third-order valence-electron chi connectivity index (χ3n) is 8.68. The van der Waals surface area contributed by atoms with E-state index in [-0.39, 0.29) is 27.9 Å². The Hall–Kier alpha value is -0.120. The fourth-order valence-corrected chi connectivity index (χ4v) is 8.10. The summed E-state index contributed by atoms with van der Waals surface area (Å²) in [5, 5.41) is 10.2. The van der Waals surface area contributed by atoms with Gasteiger partial charge in [0, 0.05) is 17.3 Å². The predicted molar refractivity (Wildman–Crippen MR) is 87.3 cm³/mol. The number of fused-ring (bicyclic) bond motifs is 3. The molecule has 1 heterocycles. The summed E-state index contributed by atoms with van der Waals surface area (Å²) in [6.07, 6.45) is 7.30. The number of carbonyl (C=O) groups is 1. The quantitative estimate of drug-likeness (QED) is 0.689. The van der Waals surface area contributed by atoms with Gasteiger partial charge in [0.25, 0.3) is 0 Å². The number of rotatable bonds is 0. The van der Waals surface area contributed by atoms with Gasteiger partial charge in [0.05, 0.1) is 23.7 Å². The van der Waals surface area contributed by atoms with Crippen LogP contribution in [0.4, 0.5) is 0 Å². The summed E-state index contributed by atoms with van der Waals surface area (Å²) >= 11 is 7.20. The van der Waals surface area contributed by atoms with E-state index in [1.165, 1.54) is 0 Å². The first kappa shape index (κ1) is 15.2. The van der Waals surface area contributed by atoms with Crippen molar-refractivity contribution in [3.63, 3.8) is 0 Å². The zero-order valence-electron chi connectivity index (χ0n) is 13.9. The van der Waals surface area contributed by atoms with Gasteiger partial charge >= 0.3 is 0 Å². The Labute approximate surface area is 143 Å². The number of aliphatic hydroxyl groups excluding tert-OH is 1. The first-order valence-electron chi connectivity index (χ1n) is 9.43. The molecule has 4 saturated carbocycles. The van der Waals surface area contributed by atoms with Gasteiger partial charge in [-0.05, 0) is 62.7 Å². The van der Waals surface area contributed by atoms with Crippen molar-refractivity contribution in [3.8, 4) is 0 Å². The minimum atomic E-state index is -0.373. The predicted octanol–water partition coefficient (Wildman–Crippen LogP) is 3.31. The molecule has 4 aliphatic carbocycles. The Morgan fingerprint density at radius 2 is 2.04 bits per heavy atom. The lowest BCUT2D eigenvalue weighted by molar-refractivity contribution is -0.137. The normalized spacial score (nSPS) is 61.0. The number of alkyl halides is 1. The largest absolute Gasteiger partial charge is 0.393 e. The van der Waals surface area contributed by atoms with Gasteiger partial charge in [-0.1, -0.05) is 6.92 Å². The van der Waals surface area contributed by atoms with Gasteiger partial charge in [0.2, 0.25) is 0 Å². The van der Waals surface area contributed by atoms with E-state index in [1.54, 1.807) is 0 Å². The zero-order chi connectivity index (χ0) is 16.0. The van der Waals surface area contributed by atoms with E-state index in [0.717, 1.165) is 51.6 Å². The molecule has 0 aromatic heterocycles. The van der Waals surface area contributed by atoms with Crippen molar-refractivity contribution in [3.05, 3.63) is 0 Å². The van der Waals surface area contributed by atoms with Crippen molar-refractivity contribution in [1.29, 1.82) is 0 Å². The van der Waals surface area contributed by atoms with Gasteiger partial charge in [-0.15, -0.1) is 11.6 Å². The highest BCUT2D eigenvalue weighted by Crippen LogP contribution is 2.71. The molecule has 2 bridgehead atoms. The van der Waals surface area contributed by atoms with Gasteiger partial charge in [0.15, 0.2) is 0 Å². The molecule has 5 fully saturated rings. The summed E-state index contributed by atoms with van der Waals surface area (Å²) < 4.78 is 6.24. The third-order valence-corrected chi connectivity index (χ3v) is 9.45. The monoisotopic (exact) mass is 338 g/mol. The van der Waals surface area contributed by atoms with Gasteiger partial charge in [-0.2, -0.15) is 0 Å². The second-order valence-electron chi connectivity index (χ2n) is 9.25. The summed E-state index contributed by atoms with van der Waals surface area (Å²) in [6.45, 7) is 2.99. The van der Waals surface area contributed by atoms with E-state index in [4.69, 9.17) is 16.3 Å². The van der Waals surface area contributed by atoms with E-state index < -0.39 is 0 Å². The standard InChI is InChI=1S/C19H27ClO3/c1-17-6-5-14-12(13(17)2-3-15(17)22)8-16-19(20)9-11(21)4-7-18(14,19)10-23-16/h11-14,16,21H,2-10H2,1H3/t11-,12?,13?,14?,16+,17?,18?,19-/m0/s1. The Bertz CT molecular complexity index is 565. The molecule has 1 N–H and O–H groups in total. The molecule has 128 valence electrons. The Morgan fingerprint density at radius 1 is 1.22 bits per heavy atom. The molecule has 4 heteroatoms. The molecule has 0 aromatic rings. The highest BCUT2D eigenvalue weighted by Gasteiger charge is 2.72. The summed E-state index contributed by atoms with van der Waals surface area (Å²) in [6, 6.07) is 0. The lowest BCUT2D eigenvalue weighted by atomic mass is 9.45. The van der Waals surface area contributed by atoms with Crippen molar-refractivity contribution >= 4 is 17.4 Å². The van der Waals surface area contributed by atoms with E-state index in [0.29, 0.717) is 30.0 Å². The van der Waals surface area contributed by atoms with Gasteiger partial charge in [-0.25, -0.2) is 0 Å². The summed E-state index contributed by atoms with van der Waals surface area (Å²) in [5.74, 6) is 2.20. The summed E-state index contributed by atoms with van der Waals surface area (Å²) in [7, 11) is 0. The second-order valence-corrected chi connectivity index (χ2v) is 9.92. The van der Waals surface area contributed by atoms with Crippen LogP contribution in [0.25, 0.3) is 0 Å². The molecule has 0 radical (unpaired) electrons. The molecule has 3 nitrogen and oxygen atoms in total. The lowest BCUT2D eigenvalue weighted by Gasteiger charge is -2.61. The average Bonchev–Trinajstić information content (AvgIpc) is 2.88. The van der Waals surface area contributed by atoms with Crippen molar-refractivity contribution in [2.75, 3.05) is 6.61 Å². The number of halogens is 1. The van der Waals surface area contributed by atoms with Gasteiger partial charge in [-0.3, -0.25) is 4.79 Å². The molecular formula is C19H27ClO3. The first-order chi connectivity index (χ1) is 10.9. The van der Waals surface area contributed by atoms with Crippen LogP contribution in [0, 0.1) is 28.6 Å². The SMILES string of the molecule is CC12CCC3C(C[C@H]4OCC35CC[C@H](O)C[C@]45Cl)C1CCC2=O. The van der Waals surface area contributed by atoms with E-state index in [2.05, 4.69) is 6.92 Å². The van der Waals surface area contributed by atoms with Crippen LogP contribution in [-0.4, -0.2) is 34.6 Å². The number of hydrogen-bond acceptors (Lipinski definition) is 3. The van der Waals surface area contributed by atoms with Crippen molar-refractivity contribution in [2.45, 2.75) is 75.4 Å². The second kappa shape index (κ2) is 4.53. The number of Topliss-reactive ketones (excluding diaryl/α,β-unsaturated/α-hetero) is 1. The Kier molecular flexibility index (Phi) is 2.99. The highest BCUT2D eigenvalue weighted by atomic mass is 35.5. The van der Waals surface area contributed by atoms with Crippen molar-refractivity contribution < 1.29 is 14.6 Å². The lowest BCUT2D eigenvalue weighted by Crippen LogP contribution is -2.63. The van der Waals surface area contributed by atoms with Gasteiger partial charge < -0.3 is 9.84 Å². The smallest absolute Gasteiger partial charge is 0.139 e. The fourth-order valence-electron chi connectivity index (χ4n) is 7.48. The molecule has 0 amide bonds. The highest BCUT2D eigenvalue weighted by molar-refractivity contribution is 6.25. The van der Waals surface area contributed by atoms with Crippen molar-refractivity contribution in [1.82, 2.24) is 0 Å². The van der Waals surface area contributed by atoms with E-state index in [9.17, 15) is 9.90 Å². The van der Waals surface area contributed by atoms with Crippen LogP contribution in [0.15, 0.2) is 0 Å². The topological polar surface area (TPSA) is 46.5 Å². The maximum atomic E-state index is 12.5. The number of aliphatic hydroxyl groups is 1. The van der Waals surface area contributed by atoms with Crippen LogP contribution in [0.2, 0.25) is 0 Å². The molecule has 5 rings (SSSR count). The van der Waals surface area contributed by atoms with Crippen LogP contribution < -0.4 is 0 Å². The minimum Gasteiger partial charge on any atom is -0.393 e. The molecule has 5 aliphatic rings. The van der Waals surface area contributed by atoms with Crippen LogP contribution in [0.5, 0.6) is 0 Å². The van der Waals surface area contributed by atoms with Crippen LogP contribution in [0.1, 0.15) is 58.3 Å². The number of hydrogen-bond donors (Lipinski definition) is 1. The molecule has 5 unspecified atom stereocenters. The van der Waals surface area contributed by atoms with E-state index in [1.807, 2.05) is 0 Å². The molecule has 23 heavy (non-hydrogen) atoms. The number of ether oxygens (including phenoxy) is 1. The third kappa shape index (κ3) is 1.63. The fraction of sp³-hybridized carbons (Fsp3) is 0.947. The van der Waals surface area contributed by atoms with Crippen LogP contribution in [-0.2, 0) is 9.53 Å². The van der Waals surface area contributed by atoms with Crippen molar-refractivity contribution in [2.24, 2.45) is 28.6 Å². The minimum absolute atomic E-state index is 0.0360. The molecule has 8 atom stereocenters. The van der Waals surface area contributed by atoms with Crippen LogP contribution in [0.3, 0.4) is 0 Å². The first-order valence-corrected chi connectivity index (χ1v) is 9.80. The maximum absolute atomic E-state index is 12.5. The Balaban J connectivity index is 1.56. The van der Waals surface area contributed by atoms with Gasteiger partial charge in [0.1, 0.15) is 5.78 Å². The molecule has 1 saturated heterocycles. The molecule has 1 aliphatic heterocycles. The zero-order valence-corrected chi connectivity index (χ0v) is 14.6. The Morgan fingerprint density at radius 3 is 2.87 bits per heavy atom.